The normalized spacial score (nSPS) is 20.7. The Labute approximate surface area is 210 Å². The summed E-state index contributed by atoms with van der Waals surface area (Å²) in [6.07, 6.45) is 2.80. The van der Waals surface area contributed by atoms with Crippen molar-refractivity contribution in [2.24, 2.45) is 5.41 Å². The van der Waals surface area contributed by atoms with Gasteiger partial charge in [0.1, 0.15) is 0 Å². The van der Waals surface area contributed by atoms with Crippen LogP contribution in [0.25, 0.3) is 16.6 Å². The van der Waals surface area contributed by atoms with E-state index in [2.05, 4.69) is 11.7 Å². The van der Waals surface area contributed by atoms with Crippen molar-refractivity contribution in [2.45, 2.75) is 25.3 Å². The number of fused-ring (bicyclic) bond motifs is 1. The largest absolute Gasteiger partial charge is 0.337 e. The molecule has 0 saturated carbocycles. The van der Waals surface area contributed by atoms with E-state index in [1.54, 1.807) is 42.6 Å². The molecule has 35 heavy (non-hydrogen) atoms. The van der Waals surface area contributed by atoms with Gasteiger partial charge in [-0.25, -0.2) is 13.3 Å². The van der Waals surface area contributed by atoms with Gasteiger partial charge in [-0.15, -0.1) is 0 Å². The Bertz CT molecular complexity index is 1370. The first-order valence-electron chi connectivity index (χ1n) is 11.1. The topological polar surface area (TPSA) is 57.9 Å². The summed E-state index contributed by atoms with van der Waals surface area (Å²) < 4.78 is 32.9. The zero-order chi connectivity index (χ0) is 25.1. The van der Waals surface area contributed by atoms with E-state index >= 15 is 8.78 Å². The molecule has 1 aromatic carbocycles. The van der Waals surface area contributed by atoms with Crippen LogP contribution < -0.4 is 0 Å². The highest BCUT2D eigenvalue weighted by Gasteiger charge is 2.67. The number of hydrogen-bond acceptors (Lipinski definition) is 3. The second-order valence-electron chi connectivity index (χ2n) is 9.10. The number of pyridine rings is 1. The monoisotopic (exact) mass is 518 g/mol. The summed E-state index contributed by atoms with van der Waals surface area (Å²) in [5.74, 6) is -4.18. The molecule has 0 aliphatic carbocycles. The highest BCUT2D eigenvalue weighted by Crippen LogP contribution is 2.53. The van der Waals surface area contributed by atoms with Crippen LogP contribution in [0.3, 0.4) is 0 Å². The molecule has 5 rings (SSSR count). The molecule has 6 nitrogen and oxygen atoms in total. The Kier molecular flexibility index (Phi) is 5.64. The molecule has 2 aliphatic heterocycles. The maximum atomic E-state index is 15.7. The molecule has 182 valence electrons. The molecule has 3 aromatic rings. The number of nitrogens with zero attached hydrogens (tertiary/aromatic N) is 4. The van der Waals surface area contributed by atoms with Crippen molar-refractivity contribution in [3.05, 3.63) is 71.0 Å². The lowest BCUT2D eigenvalue weighted by molar-refractivity contribution is -0.237. The second-order valence-corrected chi connectivity index (χ2v) is 9.95. The van der Waals surface area contributed by atoms with Gasteiger partial charge in [-0.1, -0.05) is 48.0 Å². The quantitative estimate of drug-likeness (QED) is 0.448. The Hall–Kier alpha value is -2.97. The minimum absolute atomic E-state index is 0.0241. The number of hydrogen-bond donors (Lipinski definition) is 0. The number of carbonyl (C=O) groups is 2. The number of likely N-dealkylation sites (tertiary alicyclic amines) is 2. The van der Waals surface area contributed by atoms with E-state index in [0.717, 1.165) is 6.08 Å². The van der Waals surface area contributed by atoms with E-state index in [1.165, 1.54) is 21.2 Å². The minimum atomic E-state index is -3.20. The van der Waals surface area contributed by atoms with Crippen molar-refractivity contribution in [2.75, 3.05) is 19.6 Å². The standard InChI is InChI=1S/C25H22Cl2F2N4O2/c1-3-20(34)31-13-24(14-31)9-11-32(15(2)25(24,28)29)23(35)22-21(17-6-4-5-7-18(17)27)19-12-16(26)8-10-33(19)30-22/h3-8,10,12,15H,1,9,11,13-14H2,2H3/t15-/m0/s1. The highest BCUT2D eigenvalue weighted by atomic mass is 35.5. The van der Waals surface area contributed by atoms with E-state index in [-0.39, 0.29) is 37.7 Å². The third-order valence-electron chi connectivity index (χ3n) is 7.21. The van der Waals surface area contributed by atoms with Gasteiger partial charge in [0.25, 0.3) is 11.8 Å². The molecule has 2 aromatic heterocycles. The molecule has 4 heterocycles. The Morgan fingerprint density at radius 2 is 1.91 bits per heavy atom. The molecule has 1 spiro atoms. The molecule has 0 radical (unpaired) electrons. The van der Waals surface area contributed by atoms with Crippen molar-refractivity contribution in [3.8, 4) is 11.1 Å². The number of amides is 2. The third kappa shape index (κ3) is 3.53. The molecule has 2 saturated heterocycles. The molecule has 1 atom stereocenters. The number of benzene rings is 1. The van der Waals surface area contributed by atoms with Crippen LogP contribution >= 0.6 is 23.2 Å². The summed E-state index contributed by atoms with van der Waals surface area (Å²) in [7, 11) is 0. The van der Waals surface area contributed by atoms with E-state index < -0.39 is 23.3 Å². The summed E-state index contributed by atoms with van der Waals surface area (Å²) in [4.78, 5) is 28.1. The Morgan fingerprint density at radius 1 is 1.20 bits per heavy atom. The number of carbonyl (C=O) groups excluding carboxylic acids is 2. The van der Waals surface area contributed by atoms with Crippen molar-refractivity contribution in [1.29, 1.82) is 0 Å². The summed E-state index contributed by atoms with van der Waals surface area (Å²) in [5.41, 5.74) is 0.195. The molecule has 2 fully saturated rings. The van der Waals surface area contributed by atoms with Crippen molar-refractivity contribution in [1.82, 2.24) is 19.4 Å². The molecule has 10 heteroatoms. The van der Waals surface area contributed by atoms with Crippen molar-refractivity contribution >= 4 is 40.5 Å². The van der Waals surface area contributed by atoms with E-state index in [9.17, 15) is 9.59 Å². The fraction of sp³-hybridized carbons (Fsp3) is 0.320. The first kappa shape index (κ1) is 23.8. The van der Waals surface area contributed by atoms with Crippen LogP contribution in [0.15, 0.2) is 55.3 Å². The number of piperidine rings is 1. The van der Waals surface area contributed by atoms with Gasteiger partial charge < -0.3 is 9.80 Å². The van der Waals surface area contributed by atoms with Crippen LogP contribution in [0.5, 0.6) is 0 Å². The van der Waals surface area contributed by atoms with E-state index in [0.29, 0.717) is 26.7 Å². The lowest BCUT2D eigenvalue weighted by Crippen LogP contribution is -2.73. The van der Waals surface area contributed by atoms with Gasteiger partial charge >= 0.3 is 0 Å². The van der Waals surface area contributed by atoms with Gasteiger partial charge in [-0.05, 0) is 37.6 Å². The highest BCUT2D eigenvalue weighted by molar-refractivity contribution is 6.34. The molecule has 2 amide bonds. The van der Waals surface area contributed by atoms with Crippen LogP contribution in [0, 0.1) is 5.41 Å². The smallest absolute Gasteiger partial charge is 0.276 e. The third-order valence-corrected chi connectivity index (χ3v) is 7.77. The fourth-order valence-corrected chi connectivity index (χ4v) is 5.57. The van der Waals surface area contributed by atoms with Gasteiger partial charge in [0.15, 0.2) is 5.69 Å². The van der Waals surface area contributed by atoms with Crippen LogP contribution in [0.2, 0.25) is 10.0 Å². The number of halogens is 4. The van der Waals surface area contributed by atoms with Crippen LogP contribution in [-0.2, 0) is 4.79 Å². The zero-order valence-corrected chi connectivity index (χ0v) is 20.4. The van der Waals surface area contributed by atoms with Gasteiger partial charge in [0, 0.05) is 47.0 Å². The first-order chi connectivity index (χ1) is 16.6. The lowest BCUT2D eigenvalue weighted by Gasteiger charge is -2.59. The molecular weight excluding hydrogens is 497 g/mol. The first-order valence-corrected chi connectivity index (χ1v) is 11.9. The molecule has 2 aliphatic rings. The molecule has 0 unspecified atom stereocenters. The van der Waals surface area contributed by atoms with Crippen LogP contribution in [-0.4, -0.2) is 62.8 Å². The molecule has 0 N–H and O–H groups in total. The van der Waals surface area contributed by atoms with Crippen molar-refractivity contribution in [3.63, 3.8) is 0 Å². The maximum Gasteiger partial charge on any atom is 0.276 e. The number of alkyl halides is 2. The number of rotatable bonds is 3. The van der Waals surface area contributed by atoms with Crippen LogP contribution in [0.4, 0.5) is 8.78 Å². The summed E-state index contributed by atoms with van der Waals surface area (Å²) in [6.45, 7) is 4.76. The van der Waals surface area contributed by atoms with E-state index in [1.807, 2.05) is 0 Å². The predicted molar refractivity (Wildman–Crippen MR) is 130 cm³/mol. The van der Waals surface area contributed by atoms with Gasteiger partial charge in [0.05, 0.1) is 17.0 Å². The average molecular weight is 519 g/mol. The second kappa shape index (κ2) is 8.31. The number of aromatic nitrogens is 2. The average Bonchev–Trinajstić information content (AvgIpc) is 3.17. The van der Waals surface area contributed by atoms with Gasteiger partial charge in [-0.3, -0.25) is 9.59 Å². The summed E-state index contributed by atoms with van der Waals surface area (Å²) in [6, 6.07) is 8.87. The Morgan fingerprint density at radius 3 is 2.60 bits per heavy atom. The summed E-state index contributed by atoms with van der Waals surface area (Å²) >= 11 is 12.7. The SMILES string of the molecule is C=CC(=O)N1CC2(CCN(C(=O)c3nn4ccc(Cl)cc4c3-c3ccccc3Cl)[C@@H](C)C2(F)F)C1. The Balaban J connectivity index is 1.53. The van der Waals surface area contributed by atoms with E-state index in [4.69, 9.17) is 23.2 Å². The van der Waals surface area contributed by atoms with Crippen molar-refractivity contribution < 1.29 is 18.4 Å². The minimum Gasteiger partial charge on any atom is -0.337 e. The predicted octanol–water partition coefficient (Wildman–Crippen LogP) is 5.19. The maximum absolute atomic E-state index is 15.7. The van der Waals surface area contributed by atoms with Crippen LogP contribution in [0.1, 0.15) is 23.8 Å². The zero-order valence-electron chi connectivity index (χ0n) is 18.8. The molecular formula is C25H22Cl2F2N4O2. The molecule has 0 bridgehead atoms. The van der Waals surface area contributed by atoms with Gasteiger partial charge in [-0.2, -0.15) is 5.10 Å². The summed E-state index contributed by atoms with van der Waals surface area (Å²) in [5, 5.41) is 5.28. The lowest BCUT2D eigenvalue weighted by atomic mass is 9.66. The van der Waals surface area contributed by atoms with Gasteiger partial charge in [0.2, 0.25) is 5.91 Å². The fourth-order valence-electron chi connectivity index (χ4n) is 5.18.